The number of hydrogen-bond donors (Lipinski definition) is 0. The number of hydrogen-bond acceptors (Lipinski definition) is 2. The molecule has 0 radical (unpaired) electrons. The predicted molar refractivity (Wildman–Crippen MR) is 133 cm³/mol. The zero-order valence-electron chi connectivity index (χ0n) is 17.8. The molecule has 0 N–H and O–H groups in total. The number of allylic oxidation sites excluding steroid dienone is 7. The summed E-state index contributed by atoms with van der Waals surface area (Å²) in [6.07, 6.45) is 13.9. The van der Waals surface area contributed by atoms with Crippen LogP contribution >= 0.6 is 0 Å². The van der Waals surface area contributed by atoms with Crippen molar-refractivity contribution >= 4 is 45.5 Å². The number of anilines is 3. The first kappa shape index (κ1) is 17.2. The van der Waals surface area contributed by atoms with Gasteiger partial charge >= 0.3 is 0 Å². The van der Waals surface area contributed by atoms with Crippen molar-refractivity contribution in [3.8, 4) is 0 Å². The summed E-state index contributed by atoms with van der Waals surface area (Å²) in [6, 6.07) is 20.3. The highest BCUT2D eigenvalue weighted by Gasteiger charge is 2.46. The van der Waals surface area contributed by atoms with Gasteiger partial charge in [-0.2, -0.15) is 0 Å². The molecular weight excluding hydrogens is 375 g/mol. The Balaban J connectivity index is 1.62. The van der Waals surface area contributed by atoms with E-state index < -0.39 is 0 Å². The van der Waals surface area contributed by atoms with Crippen molar-refractivity contribution in [3.05, 3.63) is 102 Å². The van der Waals surface area contributed by atoms with E-state index in [2.05, 4.69) is 115 Å². The van der Waals surface area contributed by atoms with Crippen LogP contribution in [0.2, 0.25) is 0 Å². The van der Waals surface area contributed by atoms with Gasteiger partial charge in [0.1, 0.15) is 0 Å². The van der Waals surface area contributed by atoms with Gasteiger partial charge in [-0.05, 0) is 46.0 Å². The second kappa shape index (κ2) is 6.04. The molecule has 7 rings (SSSR count). The fraction of sp³-hybridized carbons (Fsp3) is 0.143. The van der Waals surface area contributed by atoms with Gasteiger partial charge in [-0.1, -0.05) is 72.3 Å². The number of likely N-dealkylation sites (N-methyl/N-ethyl adjacent to an activating group) is 1. The van der Waals surface area contributed by atoms with Gasteiger partial charge < -0.3 is 9.80 Å². The molecule has 31 heavy (non-hydrogen) atoms. The number of rotatable bonds is 0. The molecule has 148 valence electrons. The van der Waals surface area contributed by atoms with Crippen LogP contribution in [-0.2, 0) is 0 Å². The van der Waals surface area contributed by atoms with Gasteiger partial charge in [0, 0.05) is 48.7 Å². The molecular formula is C28H23BN2. The monoisotopic (exact) mass is 398 g/mol. The Labute approximate surface area is 183 Å². The summed E-state index contributed by atoms with van der Waals surface area (Å²) >= 11 is 0. The molecule has 0 bridgehead atoms. The second-order valence-electron chi connectivity index (χ2n) is 9.05. The lowest BCUT2D eigenvalue weighted by Crippen LogP contribution is -2.58. The Morgan fingerprint density at radius 2 is 1.48 bits per heavy atom. The van der Waals surface area contributed by atoms with Crippen LogP contribution in [0.15, 0.2) is 102 Å². The molecule has 2 aliphatic heterocycles. The molecule has 0 saturated heterocycles. The quantitative estimate of drug-likeness (QED) is 0.507. The Kier molecular flexibility index (Phi) is 3.36. The van der Waals surface area contributed by atoms with Crippen molar-refractivity contribution < 1.29 is 0 Å². The molecule has 0 amide bonds. The minimum Gasteiger partial charge on any atom is -0.346 e. The van der Waals surface area contributed by atoms with Gasteiger partial charge in [0.2, 0.25) is 6.71 Å². The van der Waals surface area contributed by atoms with Crippen LogP contribution in [0, 0.1) is 11.8 Å². The largest absolute Gasteiger partial charge is 0.346 e. The van der Waals surface area contributed by atoms with E-state index in [1.165, 1.54) is 44.5 Å². The Hall–Kier alpha value is -3.46. The van der Waals surface area contributed by atoms with Crippen LogP contribution in [0.4, 0.5) is 17.1 Å². The van der Waals surface area contributed by atoms with Crippen molar-refractivity contribution in [3.63, 3.8) is 0 Å². The molecule has 0 aromatic heterocycles. The highest BCUT2D eigenvalue weighted by atomic mass is 15.1. The first-order chi connectivity index (χ1) is 15.2. The van der Waals surface area contributed by atoms with Crippen LogP contribution < -0.4 is 20.7 Å². The average molecular weight is 398 g/mol. The van der Waals surface area contributed by atoms with E-state index in [1.54, 1.807) is 5.47 Å². The fourth-order valence-electron chi connectivity index (χ4n) is 6.25. The lowest BCUT2D eigenvalue weighted by Gasteiger charge is -2.46. The summed E-state index contributed by atoms with van der Waals surface area (Å²) < 4.78 is 0. The van der Waals surface area contributed by atoms with Crippen molar-refractivity contribution in [2.75, 3.05) is 23.9 Å². The van der Waals surface area contributed by atoms with Gasteiger partial charge in [-0.3, -0.25) is 0 Å². The topological polar surface area (TPSA) is 6.48 Å². The first-order valence-corrected chi connectivity index (χ1v) is 11.1. The number of fused-ring (bicyclic) bond motifs is 7. The zero-order valence-corrected chi connectivity index (χ0v) is 17.8. The molecule has 3 aromatic carbocycles. The Bertz CT molecular complexity index is 1390. The van der Waals surface area contributed by atoms with Crippen LogP contribution in [-0.4, -0.2) is 20.8 Å². The van der Waals surface area contributed by atoms with Crippen LogP contribution in [0.1, 0.15) is 0 Å². The Morgan fingerprint density at radius 3 is 2.39 bits per heavy atom. The van der Waals surface area contributed by atoms with Gasteiger partial charge in [-0.15, -0.1) is 0 Å². The summed E-state index contributed by atoms with van der Waals surface area (Å²) in [5, 5.41) is 2.69. The molecule has 4 aliphatic rings. The fourth-order valence-corrected chi connectivity index (χ4v) is 6.25. The van der Waals surface area contributed by atoms with E-state index in [1.807, 2.05) is 0 Å². The molecule has 3 aromatic rings. The van der Waals surface area contributed by atoms with Gasteiger partial charge in [0.05, 0.1) is 0 Å². The lowest BCUT2D eigenvalue weighted by atomic mass is 9.30. The van der Waals surface area contributed by atoms with E-state index in [-0.39, 0.29) is 6.71 Å². The van der Waals surface area contributed by atoms with Crippen LogP contribution in [0.5, 0.6) is 0 Å². The normalized spacial score (nSPS) is 22.5. The summed E-state index contributed by atoms with van der Waals surface area (Å²) in [7, 11) is 4.45. The van der Waals surface area contributed by atoms with Gasteiger partial charge in [0.15, 0.2) is 0 Å². The summed E-state index contributed by atoms with van der Waals surface area (Å²) in [4.78, 5) is 4.80. The smallest absolute Gasteiger partial charge is 0.249 e. The first-order valence-electron chi connectivity index (χ1n) is 11.1. The Morgan fingerprint density at radius 1 is 0.710 bits per heavy atom. The third-order valence-electron chi connectivity index (χ3n) is 7.65. The van der Waals surface area contributed by atoms with Gasteiger partial charge in [-0.25, -0.2) is 0 Å². The second-order valence-corrected chi connectivity index (χ2v) is 9.05. The predicted octanol–water partition coefficient (Wildman–Crippen LogP) is 4.70. The maximum absolute atomic E-state index is 2.41. The van der Waals surface area contributed by atoms with Crippen molar-refractivity contribution in [1.29, 1.82) is 0 Å². The molecule has 2 atom stereocenters. The maximum atomic E-state index is 2.41. The zero-order chi connectivity index (χ0) is 20.7. The minimum atomic E-state index is 0.267. The highest BCUT2D eigenvalue weighted by Crippen LogP contribution is 2.44. The maximum Gasteiger partial charge on any atom is 0.249 e. The number of nitrogens with zero attached hydrogens (tertiary/aromatic N) is 2. The standard InChI is InChI=1S/C28H23BN2/c1-30-22-12-7-13-23-28(22)29(26-20-10-5-3-8-18(20)14-16-24(26)30)27-21-11-6-4-9-19(21)15-17-25(27)31(23)2/h3-18,20H,1-2H3. The van der Waals surface area contributed by atoms with E-state index >= 15 is 0 Å². The van der Waals surface area contributed by atoms with E-state index in [9.17, 15) is 0 Å². The number of benzene rings is 3. The lowest BCUT2D eigenvalue weighted by molar-refractivity contribution is 0.636. The van der Waals surface area contributed by atoms with E-state index in [0.717, 1.165) is 0 Å². The summed E-state index contributed by atoms with van der Waals surface area (Å²) in [5.41, 5.74) is 9.78. The highest BCUT2D eigenvalue weighted by molar-refractivity contribution is 6.96. The van der Waals surface area contributed by atoms with Crippen molar-refractivity contribution in [2.45, 2.75) is 0 Å². The van der Waals surface area contributed by atoms with Crippen LogP contribution in [0.25, 0.3) is 10.8 Å². The summed E-state index contributed by atoms with van der Waals surface area (Å²) in [6.45, 7) is 0.267. The van der Waals surface area contributed by atoms with Crippen LogP contribution in [0.3, 0.4) is 0 Å². The van der Waals surface area contributed by atoms with E-state index in [4.69, 9.17) is 0 Å². The minimum absolute atomic E-state index is 0.267. The van der Waals surface area contributed by atoms with Crippen molar-refractivity contribution in [2.24, 2.45) is 11.8 Å². The van der Waals surface area contributed by atoms with Crippen molar-refractivity contribution in [1.82, 2.24) is 0 Å². The molecule has 0 fully saturated rings. The molecule has 2 heterocycles. The average Bonchev–Trinajstić information content (AvgIpc) is 2.83. The van der Waals surface area contributed by atoms with Gasteiger partial charge in [0.25, 0.3) is 0 Å². The molecule has 2 nitrogen and oxygen atoms in total. The molecule has 0 spiro atoms. The van der Waals surface area contributed by atoms with E-state index in [0.29, 0.717) is 11.8 Å². The molecule has 0 saturated carbocycles. The molecule has 3 heteroatoms. The molecule has 2 unspecified atom stereocenters. The third kappa shape index (κ3) is 2.14. The molecule has 2 aliphatic carbocycles. The SMILES string of the molecule is CN1C2=C(B3c4c1cccc4N(C)c1ccc4ccccc4c13)C1C=CC=CC1C=C2. The summed E-state index contributed by atoms with van der Waals surface area (Å²) in [5.74, 6) is 0.831. The third-order valence-corrected chi connectivity index (χ3v) is 7.65.